The number of ether oxygens (including phenoxy) is 1. The van der Waals surface area contributed by atoms with Gasteiger partial charge in [-0.25, -0.2) is 13.2 Å². The van der Waals surface area contributed by atoms with Gasteiger partial charge in [-0.2, -0.15) is 4.31 Å². The molecular formula is C13H18N2O6S2. The molecule has 1 amide bonds. The second kappa shape index (κ2) is 7.39. The highest BCUT2D eigenvalue weighted by Crippen LogP contribution is 2.28. The highest BCUT2D eigenvalue weighted by Gasteiger charge is 2.40. The van der Waals surface area contributed by atoms with Gasteiger partial charge in [-0.1, -0.05) is 6.07 Å². The lowest BCUT2D eigenvalue weighted by atomic mass is 10.2. The van der Waals surface area contributed by atoms with Crippen LogP contribution in [0.3, 0.4) is 0 Å². The number of aliphatic carboxylic acids is 1. The lowest BCUT2D eigenvalue weighted by Crippen LogP contribution is -2.48. The summed E-state index contributed by atoms with van der Waals surface area (Å²) in [4.78, 5) is 23.1. The molecule has 2 atom stereocenters. The molecule has 1 aliphatic rings. The van der Waals surface area contributed by atoms with Crippen LogP contribution < -0.4 is 5.32 Å². The van der Waals surface area contributed by atoms with Crippen molar-refractivity contribution in [2.75, 3.05) is 20.2 Å². The van der Waals surface area contributed by atoms with E-state index in [1.807, 2.05) is 0 Å². The molecule has 8 nitrogen and oxygen atoms in total. The molecule has 1 saturated heterocycles. The maximum atomic E-state index is 12.6. The zero-order valence-electron chi connectivity index (χ0n) is 12.5. The fraction of sp³-hybridized carbons (Fsp3) is 0.538. The first-order chi connectivity index (χ1) is 10.9. The van der Waals surface area contributed by atoms with Crippen LogP contribution >= 0.6 is 11.3 Å². The van der Waals surface area contributed by atoms with Crippen molar-refractivity contribution in [3.05, 3.63) is 17.5 Å². The summed E-state index contributed by atoms with van der Waals surface area (Å²) < 4.78 is 31.2. The topological polar surface area (TPSA) is 113 Å². The third kappa shape index (κ3) is 3.89. The highest BCUT2D eigenvalue weighted by atomic mass is 32.2. The van der Waals surface area contributed by atoms with Crippen molar-refractivity contribution in [3.8, 4) is 0 Å². The first kappa shape index (κ1) is 17.9. The summed E-state index contributed by atoms with van der Waals surface area (Å²) in [5.41, 5.74) is 0. The molecule has 0 aliphatic carbocycles. The molecular weight excluding hydrogens is 344 g/mol. The van der Waals surface area contributed by atoms with E-state index in [1.165, 1.54) is 17.5 Å². The van der Waals surface area contributed by atoms with Gasteiger partial charge in [0.2, 0.25) is 5.91 Å². The number of methoxy groups -OCH3 is 1. The van der Waals surface area contributed by atoms with Crippen LogP contribution in [0.4, 0.5) is 0 Å². The molecule has 2 heterocycles. The van der Waals surface area contributed by atoms with Gasteiger partial charge in [-0.05, 0) is 24.3 Å². The number of carbonyl (C=O) groups excluding carboxylic acids is 1. The Kier molecular flexibility index (Phi) is 5.74. The molecule has 1 aliphatic heterocycles. The second-order valence-electron chi connectivity index (χ2n) is 5.01. The van der Waals surface area contributed by atoms with Gasteiger partial charge in [0.1, 0.15) is 10.3 Å². The minimum Gasteiger partial charge on any atom is -0.479 e. The zero-order valence-corrected chi connectivity index (χ0v) is 14.1. The van der Waals surface area contributed by atoms with Crippen LogP contribution in [0.5, 0.6) is 0 Å². The van der Waals surface area contributed by atoms with Crippen LogP contribution in [0.1, 0.15) is 12.8 Å². The van der Waals surface area contributed by atoms with E-state index in [2.05, 4.69) is 5.32 Å². The predicted octanol–water partition coefficient (Wildman–Crippen LogP) is 0.117. The Bertz CT molecular complexity index is 658. The third-order valence-electron chi connectivity index (χ3n) is 3.59. The molecule has 0 radical (unpaired) electrons. The first-order valence-electron chi connectivity index (χ1n) is 6.96. The van der Waals surface area contributed by atoms with E-state index in [1.54, 1.807) is 11.4 Å². The van der Waals surface area contributed by atoms with E-state index < -0.39 is 34.0 Å². The van der Waals surface area contributed by atoms with Crippen molar-refractivity contribution in [1.82, 2.24) is 9.62 Å². The average molecular weight is 362 g/mol. The number of rotatable bonds is 7. The van der Waals surface area contributed by atoms with E-state index in [0.717, 1.165) is 11.3 Å². The van der Waals surface area contributed by atoms with Gasteiger partial charge in [0.15, 0.2) is 6.10 Å². The monoisotopic (exact) mass is 362 g/mol. The molecule has 0 saturated carbocycles. The third-order valence-corrected chi connectivity index (χ3v) is 6.87. The molecule has 0 spiro atoms. The minimum absolute atomic E-state index is 0.192. The summed E-state index contributed by atoms with van der Waals surface area (Å²) in [5, 5.41) is 13.0. The van der Waals surface area contributed by atoms with Gasteiger partial charge < -0.3 is 15.2 Å². The molecule has 1 fully saturated rings. The molecule has 2 unspecified atom stereocenters. The molecule has 1 aromatic heterocycles. The Morgan fingerprint density at radius 1 is 1.57 bits per heavy atom. The van der Waals surface area contributed by atoms with Crippen LogP contribution in [0.2, 0.25) is 0 Å². The number of carboxylic acid groups (broad SMARTS) is 1. The Morgan fingerprint density at radius 3 is 2.87 bits per heavy atom. The number of nitrogens with zero attached hydrogens (tertiary/aromatic N) is 1. The van der Waals surface area contributed by atoms with Crippen molar-refractivity contribution < 1.29 is 27.9 Å². The second-order valence-corrected chi connectivity index (χ2v) is 8.08. The van der Waals surface area contributed by atoms with Crippen LogP contribution in [0.25, 0.3) is 0 Å². The highest BCUT2D eigenvalue weighted by molar-refractivity contribution is 7.91. The average Bonchev–Trinajstić information content (AvgIpc) is 3.19. The number of amides is 1. The maximum absolute atomic E-state index is 12.6. The first-order valence-corrected chi connectivity index (χ1v) is 9.28. The normalized spacial score (nSPS) is 20.3. The Morgan fingerprint density at radius 2 is 2.30 bits per heavy atom. The molecule has 128 valence electrons. The van der Waals surface area contributed by atoms with Gasteiger partial charge in [0.25, 0.3) is 10.0 Å². The lowest BCUT2D eigenvalue weighted by molar-refractivity contribution is -0.148. The van der Waals surface area contributed by atoms with Gasteiger partial charge >= 0.3 is 5.97 Å². The number of thiophene rings is 1. The van der Waals surface area contributed by atoms with Crippen LogP contribution in [-0.2, 0) is 24.3 Å². The van der Waals surface area contributed by atoms with Gasteiger partial charge in [-0.3, -0.25) is 4.79 Å². The van der Waals surface area contributed by atoms with Gasteiger partial charge in [-0.15, -0.1) is 11.3 Å². The largest absolute Gasteiger partial charge is 0.479 e. The molecule has 2 N–H and O–H groups in total. The minimum atomic E-state index is -3.71. The number of hydrogen-bond donors (Lipinski definition) is 2. The lowest BCUT2D eigenvalue weighted by Gasteiger charge is -2.23. The maximum Gasteiger partial charge on any atom is 0.334 e. The van der Waals surface area contributed by atoms with E-state index >= 15 is 0 Å². The van der Waals surface area contributed by atoms with Crippen LogP contribution in [0, 0.1) is 0 Å². The zero-order chi connectivity index (χ0) is 17.0. The Labute approximate surface area is 138 Å². The van der Waals surface area contributed by atoms with Crippen LogP contribution in [-0.4, -0.2) is 62.1 Å². The van der Waals surface area contributed by atoms with Gasteiger partial charge in [0.05, 0.1) is 6.54 Å². The summed E-state index contributed by atoms with van der Waals surface area (Å²) in [6.45, 7) is 0.0546. The number of nitrogens with one attached hydrogen (secondary N) is 1. The van der Waals surface area contributed by atoms with E-state index in [0.29, 0.717) is 12.8 Å². The molecule has 0 bridgehead atoms. The van der Waals surface area contributed by atoms with Crippen molar-refractivity contribution >= 4 is 33.2 Å². The summed E-state index contributed by atoms with van der Waals surface area (Å²) in [7, 11) is -2.48. The SMILES string of the molecule is COC(CNC(=O)C1CCCN1S(=O)(=O)c1cccs1)C(=O)O. The molecule has 0 aromatic carbocycles. The predicted molar refractivity (Wildman–Crippen MR) is 82.7 cm³/mol. The van der Waals surface area contributed by atoms with Crippen LogP contribution in [0.15, 0.2) is 21.7 Å². The fourth-order valence-electron chi connectivity index (χ4n) is 2.40. The number of carbonyl (C=O) groups is 2. The van der Waals surface area contributed by atoms with E-state index in [9.17, 15) is 18.0 Å². The van der Waals surface area contributed by atoms with Crippen molar-refractivity contribution in [3.63, 3.8) is 0 Å². The summed E-state index contributed by atoms with van der Waals surface area (Å²) in [6.07, 6.45) is -0.182. The van der Waals surface area contributed by atoms with Gasteiger partial charge in [0, 0.05) is 13.7 Å². The van der Waals surface area contributed by atoms with Crippen molar-refractivity contribution in [2.24, 2.45) is 0 Å². The molecule has 23 heavy (non-hydrogen) atoms. The quantitative estimate of drug-likeness (QED) is 0.712. The van der Waals surface area contributed by atoms with Crippen molar-refractivity contribution in [2.45, 2.75) is 29.2 Å². The molecule has 1 aromatic rings. The molecule has 10 heteroatoms. The summed E-state index contributed by atoms with van der Waals surface area (Å²) in [6, 6.07) is 2.31. The number of carboxylic acids is 1. The van der Waals surface area contributed by atoms with E-state index in [4.69, 9.17) is 9.84 Å². The molecule has 2 rings (SSSR count). The number of sulfonamides is 1. The fourth-order valence-corrected chi connectivity index (χ4v) is 5.17. The standard InChI is InChI=1S/C13H18N2O6S2/c1-21-10(13(17)18)8-14-12(16)9-4-2-6-15(9)23(19,20)11-5-3-7-22-11/h3,5,7,9-10H,2,4,6,8H2,1H3,(H,14,16)(H,17,18). The summed E-state index contributed by atoms with van der Waals surface area (Å²) in [5.74, 6) is -1.70. The van der Waals surface area contributed by atoms with E-state index in [-0.39, 0.29) is 17.3 Å². The smallest absolute Gasteiger partial charge is 0.334 e. The number of hydrogen-bond acceptors (Lipinski definition) is 6. The van der Waals surface area contributed by atoms with Crippen molar-refractivity contribution in [1.29, 1.82) is 0 Å². The Balaban J connectivity index is 2.07. The summed E-state index contributed by atoms with van der Waals surface area (Å²) >= 11 is 1.10. The Hall–Kier alpha value is -1.49.